The largest absolute Gasteiger partial charge is 0.444 e. The van der Waals surface area contributed by atoms with Crippen molar-refractivity contribution in [2.75, 3.05) is 36.5 Å². The molecule has 0 spiro atoms. The summed E-state index contributed by atoms with van der Waals surface area (Å²) < 4.78 is 11.3. The van der Waals surface area contributed by atoms with Crippen LogP contribution in [0.5, 0.6) is 0 Å². The van der Waals surface area contributed by atoms with E-state index in [0.29, 0.717) is 13.2 Å². The summed E-state index contributed by atoms with van der Waals surface area (Å²) in [5, 5.41) is 2.54. The minimum absolute atomic E-state index is 0.217. The van der Waals surface area contributed by atoms with Gasteiger partial charge in [-0.1, -0.05) is 0 Å². The van der Waals surface area contributed by atoms with E-state index in [1.54, 1.807) is 27.0 Å². The maximum Gasteiger partial charge on any atom is 0.414 e. The summed E-state index contributed by atoms with van der Waals surface area (Å²) in [5.74, 6) is 0.952. The van der Waals surface area contributed by atoms with Crippen LogP contribution in [-0.4, -0.2) is 48.0 Å². The molecule has 116 valence electrons. The van der Waals surface area contributed by atoms with Crippen molar-refractivity contribution in [2.45, 2.75) is 26.4 Å². The van der Waals surface area contributed by atoms with Gasteiger partial charge in [-0.05, 0) is 36.7 Å². The van der Waals surface area contributed by atoms with Gasteiger partial charge < -0.3 is 14.4 Å². The van der Waals surface area contributed by atoms with Gasteiger partial charge in [0, 0.05) is 19.3 Å². The van der Waals surface area contributed by atoms with Crippen molar-refractivity contribution in [3.8, 4) is 0 Å². The van der Waals surface area contributed by atoms with Gasteiger partial charge in [-0.15, -0.1) is 0 Å². The number of aromatic nitrogens is 2. The molecule has 1 aromatic heterocycles. The van der Waals surface area contributed by atoms with Gasteiger partial charge in [0.05, 0.1) is 17.7 Å². The van der Waals surface area contributed by atoms with Crippen LogP contribution in [0.25, 0.3) is 0 Å². The number of hydrogen-bond donors (Lipinski definition) is 1. The Morgan fingerprint density at radius 1 is 1.43 bits per heavy atom. The number of anilines is 2. The third-order valence-corrected chi connectivity index (χ3v) is 3.21. The molecule has 1 aliphatic rings. The van der Waals surface area contributed by atoms with Gasteiger partial charge in [-0.3, -0.25) is 5.32 Å². The molecule has 0 atom stereocenters. The molecule has 1 aromatic rings. The monoisotopic (exact) mass is 358 g/mol. The number of halogens is 1. The van der Waals surface area contributed by atoms with E-state index < -0.39 is 11.7 Å². The van der Waals surface area contributed by atoms with Gasteiger partial charge in [0.1, 0.15) is 11.4 Å². The van der Waals surface area contributed by atoms with Crippen molar-refractivity contribution in [3.05, 3.63) is 10.7 Å². The SMILES string of the molecule is CC(C)(C)OC(=O)Nc1ncc(Br)c(N2CCOCC2)n1. The first-order valence-corrected chi connectivity index (χ1v) is 7.50. The molecule has 2 rings (SSSR count). The van der Waals surface area contributed by atoms with E-state index >= 15 is 0 Å². The molecule has 1 aliphatic heterocycles. The van der Waals surface area contributed by atoms with Crippen molar-refractivity contribution < 1.29 is 14.3 Å². The van der Waals surface area contributed by atoms with Gasteiger partial charge >= 0.3 is 6.09 Å². The van der Waals surface area contributed by atoms with Crippen molar-refractivity contribution in [1.29, 1.82) is 0 Å². The van der Waals surface area contributed by atoms with Crippen LogP contribution in [-0.2, 0) is 9.47 Å². The Morgan fingerprint density at radius 3 is 2.71 bits per heavy atom. The molecule has 0 aliphatic carbocycles. The fourth-order valence-electron chi connectivity index (χ4n) is 1.81. The Morgan fingerprint density at radius 2 is 2.10 bits per heavy atom. The summed E-state index contributed by atoms with van der Waals surface area (Å²) in [6, 6.07) is 0. The molecular weight excluding hydrogens is 340 g/mol. The van der Waals surface area contributed by atoms with E-state index in [1.807, 2.05) is 0 Å². The van der Waals surface area contributed by atoms with Gasteiger partial charge in [0.15, 0.2) is 0 Å². The van der Waals surface area contributed by atoms with Crippen LogP contribution >= 0.6 is 15.9 Å². The molecule has 0 unspecified atom stereocenters. The van der Waals surface area contributed by atoms with Crippen LogP contribution < -0.4 is 10.2 Å². The second kappa shape index (κ2) is 6.57. The quantitative estimate of drug-likeness (QED) is 0.874. The first-order valence-electron chi connectivity index (χ1n) is 6.70. The molecule has 7 nitrogen and oxygen atoms in total. The smallest absolute Gasteiger partial charge is 0.414 e. The summed E-state index contributed by atoms with van der Waals surface area (Å²) in [7, 11) is 0. The Kier molecular flexibility index (Phi) is 5.00. The summed E-state index contributed by atoms with van der Waals surface area (Å²) in [6.07, 6.45) is 1.04. The Balaban J connectivity index is 2.09. The Labute approximate surface area is 132 Å². The van der Waals surface area contributed by atoms with E-state index in [0.717, 1.165) is 23.4 Å². The zero-order valence-electron chi connectivity index (χ0n) is 12.4. The lowest BCUT2D eigenvalue weighted by atomic mass is 10.2. The van der Waals surface area contributed by atoms with Crippen molar-refractivity contribution in [2.24, 2.45) is 0 Å². The number of hydrogen-bond acceptors (Lipinski definition) is 6. The van der Waals surface area contributed by atoms with E-state index in [-0.39, 0.29) is 5.95 Å². The average Bonchev–Trinajstić information content (AvgIpc) is 2.40. The molecule has 2 heterocycles. The highest BCUT2D eigenvalue weighted by Gasteiger charge is 2.19. The normalized spacial score (nSPS) is 15.7. The molecule has 1 amide bonds. The minimum atomic E-state index is -0.572. The van der Waals surface area contributed by atoms with Crippen LogP contribution in [0.4, 0.5) is 16.6 Å². The number of nitrogens with one attached hydrogen (secondary N) is 1. The maximum absolute atomic E-state index is 11.7. The molecular formula is C13H19BrN4O3. The Hall–Kier alpha value is -1.41. The summed E-state index contributed by atoms with van der Waals surface area (Å²) in [5.41, 5.74) is -0.563. The second-order valence-electron chi connectivity index (χ2n) is 5.59. The highest BCUT2D eigenvalue weighted by molar-refractivity contribution is 9.10. The van der Waals surface area contributed by atoms with Crippen LogP contribution in [0.1, 0.15) is 20.8 Å². The van der Waals surface area contributed by atoms with Gasteiger partial charge in [-0.25, -0.2) is 9.78 Å². The number of morpholine rings is 1. The van der Waals surface area contributed by atoms with Gasteiger partial charge in [0.25, 0.3) is 0 Å². The second-order valence-corrected chi connectivity index (χ2v) is 6.45. The van der Waals surface area contributed by atoms with Gasteiger partial charge in [-0.2, -0.15) is 4.98 Å². The van der Waals surface area contributed by atoms with Crippen LogP contribution in [0.3, 0.4) is 0 Å². The van der Waals surface area contributed by atoms with Crippen molar-refractivity contribution >= 4 is 33.8 Å². The van der Waals surface area contributed by atoms with E-state index in [9.17, 15) is 4.79 Å². The van der Waals surface area contributed by atoms with Crippen LogP contribution in [0.15, 0.2) is 10.7 Å². The molecule has 0 bridgehead atoms. The number of amides is 1. The molecule has 0 saturated carbocycles. The van der Waals surface area contributed by atoms with E-state index in [1.165, 1.54) is 0 Å². The van der Waals surface area contributed by atoms with Crippen LogP contribution in [0.2, 0.25) is 0 Å². The first kappa shape index (κ1) is 16.0. The highest BCUT2D eigenvalue weighted by atomic mass is 79.9. The van der Waals surface area contributed by atoms with Gasteiger partial charge in [0.2, 0.25) is 5.95 Å². The third-order valence-electron chi connectivity index (χ3n) is 2.65. The van der Waals surface area contributed by atoms with E-state index in [2.05, 4.69) is 36.1 Å². The molecule has 1 fully saturated rings. The average molecular weight is 359 g/mol. The highest BCUT2D eigenvalue weighted by Crippen LogP contribution is 2.25. The lowest BCUT2D eigenvalue weighted by Crippen LogP contribution is -2.37. The maximum atomic E-state index is 11.7. The van der Waals surface area contributed by atoms with Crippen molar-refractivity contribution in [1.82, 2.24) is 9.97 Å². The number of nitrogens with zero attached hydrogens (tertiary/aromatic N) is 3. The number of ether oxygens (including phenoxy) is 2. The number of carbonyl (C=O) groups is 1. The summed E-state index contributed by atoms with van der Waals surface area (Å²) in [6.45, 7) is 8.22. The van der Waals surface area contributed by atoms with E-state index in [4.69, 9.17) is 9.47 Å². The lowest BCUT2D eigenvalue weighted by molar-refractivity contribution is 0.0634. The molecule has 1 saturated heterocycles. The molecule has 0 aromatic carbocycles. The zero-order valence-corrected chi connectivity index (χ0v) is 13.9. The molecule has 0 radical (unpaired) electrons. The topological polar surface area (TPSA) is 76.6 Å². The molecule has 8 heteroatoms. The third kappa shape index (κ3) is 4.82. The minimum Gasteiger partial charge on any atom is -0.444 e. The first-order chi connectivity index (χ1) is 9.85. The molecule has 21 heavy (non-hydrogen) atoms. The summed E-state index contributed by atoms with van der Waals surface area (Å²) in [4.78, 5) is 22.3. The van der Waals surface area contributed by atoms with Crippen LogP contribution in [0, 0.1) is 0 Å². The summed E-state index contributed by atoms with van der Waals surface area (Å²) >= 11 is 3.43. The Bertz CT molecular complexity index is 513. The molecule has 1 N–H and O–H groups in total. The predicted molar refractivity (Wildman–Crippen MR) is 82.6 cm³/mol. The lowest BCUT2D eigenvalue weighted by Gasteiger charge is -2.28. The zero-order chi connectivity index (χ0) is 15.5. The standard InChI is InChI=1S/C13H19BrN4O3/c1-13(2,3)21-12(19)17-11-15-8-9(14)10(16-11)18-4-6-20-7-5-18/h8H,4-7H2,1-3H3,(H,15,16,17,19). The fourth-order valence-corrected chi connectivity index (χ4v) is 2.25. The number of carbonyl (C=O) groups excluding carboxylic acids is 1. The predicted octanol–water partition coefficient (Wildman–Crippen LogP) is 2.42. The fraction of sp³-hybridized carbons (Fsp3) is 0.615. The number of rotatable bonds is 2. The van der Waals surface area contributed by atoms with Crippen molar-refractivity contribution in [3.63, 3.8) is 0 Å².